The predicted molar refractivity (Wildman–Crippen MR) is 68.3 cm³/mol. The molecule has 0 heterocycles. The van der Waals surface area contributed by atoms with Gasteiger partial charge < -0.3 is 10.2 Å². The van der Waals surface area contributed by atoms with Crippen molar-refractivity contribution in [1.82, 2.24) is 0 Å². The van der Waals surface area contributed by atoms with Crippen molar-refractivity contribution in [3.05, 3.63) is 29.8 Å². The topological polar surface area (TPSA) is 35.2 Å². The van der Waals surface area contributed by atoms with Gasteiger partial charge in [-0.3, -0.25) is 0 Å². The smallest absolute Gasteiger partial charge is 0.455 e. The lowest BCUT2D eigenvalue weighted by Crippen LogP contribution is -2.45. The fraction of sp³-hybridized carbons (Fsp3) is 0.500. The molecule has 0 unspecified atom stereocenters. The van der Waals surface area contributed by atoms with Gasteiger partial charge in [-0.2, -0.15) is 22.0 Å². The molecule has 0 fully saturated rings. The number of halogens is 5. The first kappa shape index (κ1) is 16.9. The molecule has 1 atom stereocenters. The highest BCUT2D eigenvalue weighted by atomic mass is 28.4. The Hall–Kier alpha value is -1.15. The second-order valence-electron chi connectivity index (χ2n) is 5.38. The fourth-order valence-corrected chi connectivity index (χ4v) is 2.33. The summed E-state index contributed by atoms with van der Waals surface area (Å²) in [7, 11) is -1.87. The molecule has 1 rings (SSSR count). The van der Waals surface area contributed by atoms with Crippen molar-refractivity contribution in [2.24, 2.45) is 5.73 Å². The highest BCUT2D eigenvalue weighted by molar-refractivity contribution is 6.70. The van der Waals surface area contributed by atoms with Crippen molar-refractivity contribution in [1.29, 1.82) is 0 Å². The average molecular weight is 313 g/mol. The van der Waals surface area contributed by atoms with Crippen LogP contribution in [0, 0.1) is 0 Å². The van der Waals surface area contributed by atoms with Crippen molar-refractivity contribution < 1.29 is 26.4 Å². The molecule has 0 bridgehead atoms. The maximum Gasteiger partial charge on any atom is 0.455 e. The molecule has 0 aliphatic rings. The summed E-state index contributed by atoms with van der Waals surface area (Å²) in [6, 6.07) is 2.50. The minimum atomic E-state index is -5.68. The maximum atomic E-state index is 13.1. The molecule has 0 aliphatic heterocycles. The van der Waals surface area contributed by atoms with E-state index >= 15 is 0 Å². The summed E-state index contributed by atoms with van der Waals surface area (Å²) in [6.45, 7) is 5.76. The Morgan fingerprint density at radius 2 is 1.45 bits per heavy atom. The first-order valence-electron chi connectivity index (χ1n) is 5.84. The van der Waals surface area contributed by atoms with Crippen LogP contribution in [0.15, 0.2) is 24.3 Å². The van der Waals surface area contributed by atoms with E-state index in [-0.39, 0.29) is 5.56 Å². The van der Waals surface area contributed by atoms with Gasteiger partial charge in [-0.25, -0.2) is 0 Å². The van der Waals surface area contributed by atoms with E-state index in [0.29, 0.717) is 5.75 Å². The Labute approximate surface area is 114 Å². The van der Waals surface area contributed by atoms with Gasteiger partial charge in [0.15, 0.2) is 0 Å². The molecular formula is C12H16F5NOSi. The molecule has 0 radical (unpaired) electrons. The van der Waals surface area contributed by atoms with Crippen LogP contribution in [0.25, 0.3) is 0 Å². The number of alkyl halides is 5. The van der Waals surface area contributed by atoms with Crippen LogP contribution in [-0.4, -0.2) is 20.4 Å². The third kappa shape index (κ3) is 3.92. The van der Waals surface area contributed by atoms with Crippen molar-refractivity contribution in [3.63, 3.8) is 0 Å². The zero-order valence-corrected chi connectivity index (χ0v) is 12.3. The van der Waals surface area contributed by atoms with Gasteiger partial charge in [0.1, 0.15) is 11.8 Å². The molecular weight excluding hydrogens is 297 g/mol. The molecule has 0 amide bonds. The van der Waals surface area contributed by atoms with Gasteiger partial charge >= 0.3 is 12.1 Å². The van der Waals surface area contributed by atoms with E-state index in [9.17, 15) is 22.0 Å². The predicted octanol–water partition coefficient (Wildman–Crippen LogP) is 4.10. The van der Waals surface area contributed by atoms with E-state index < -0.39 is 26.5 Å². The van der Waals surface area contributed by atoms with Crippen LogP contribution in [0.4, 0.5) is 22.0 Å². The molecule has 1 aromatic rings. The monoisotopic (exact) mass is 313 g/mol. The van der Waals surface area contributed by atoms with Crippen molar-refractivity contribution in [3.8, 4) is 5.75 Å². The van der Waals surface area contributed by atoms with Crippen molar-refractivity contribution >= 4 is 8.32 Å². The normalized spacial score (nSPS) is 15.1. The van der Waals surface area contributed by atoms with Gasteiger partial charge in [-0.05, 0) is 37.3 Å². The minimum absolute atomic E-state index is 0.296. The molecule has 2 nitrogen and oxygen atoms in total. The summed E-state index contributed by atoms with van der Waals surface area (Å²) < 4.78 is 68.5. The maximum absolute atomic E-state index is 13.1. The number of hydrogen-bond donors (Lipinski definition) is 1. The van der Waals surface area contributed by atoms with Gasteiger partial charge in [0.05, 0.1) is 0 Å². The van der Waals surface area contributed by atoms with Crippen LogP contribution < -0.4 is 10.2 Å². The molecule has 0 saturated carbocycles. The number of hydrogen-bond acceptors (Lipinski definition) is 2. The molecule has 2 N–H and O–H groups in total. The summed E-state index contributed by atoms with van der Waals surface area (Å²) in [5.74, 6) is -4.55. The molecule has 0 spiro atoms. The van der Waals surface area contributed by atoms with Crippen LogP contribution in [-0.2, 0) is 0 Å². The number of rotatable bonds is 4. The molecule has 0 aliphatic carbocycles. The Bertz CT molecular complexity index is 452. The Morgan fingerprint density at radius 3 is 1.80 bits per heavy atom. The lowest BCUT2D eigenvalue weighted by atomic mass is 10.0. The third-order valence-electron chi connectivity index (χ3n) is 2.43. The van der Waals surface area contributed by atoms with Crippen LogP contribution >= 0.6 is 0 Å². The molecule has 0 aromatic heterocycles. The van der Waals surface area contributed by atoms with Gasteiger partial charge in [0, 0.05) is 0 Å². The second-order valence-corrected chi connectivity index (χ2v) is 9.81. The summed E-state index contributed by atoms with van der Waals surface area (Å²) in [6.07, 6.45) is -5.68. The van der Waals surface area contributed by atoms with E-state index in [4.69, 9.17) is 10.2 Å². The third-order valence-corrected chi connectivity index (χ3v) is 3.28. The number of nitrogens with two attached hydrogens (primary N) is 1. The first-order chi connectivity index (χ1) is 8.84. The van der Waals surface area contributed by atoms with Crippen LogP contribution in [0.1, 0.15) is 11.6 Å². The fourth-order valence-electron chi connectivity index (χ4n) is 1.48. The van der Waals surface area contributed by atoms with Crippen LogP contribution in [0.3, 0.4) is 0 Å². The lowest BCUT2D eigenvalue weighted by molar-refractivity contribution is -0.291. The average Bonchev–Trinajstić information content (AvgIpc) is 2.25. The van der Waals surface area contributed by atoms with E-state index in [1.54, 1.807) is 0 Å². The first-order valence-corrected chi connectivity index (χ1v) is 9.24. The molecule has 1 aromatic carbocycles. The summed E-state index contributed by atoms with van der Waals surface area (Å²) in [5, 5.41) is 0. The van der Waals surface area contributed by atoms with Crippen molar-refractivity contribution in [2.75, 3.05) is 0 Å². The minimum Gasteiger partial charge on any atom is -0.544 e. The zero-order chi connectivity index (χ0) is 15.8. The van der Waals surface area contributed by atoms with Gasteiger partial charge in [0.2, 0.25) is 8.32 Å². The van der Waals surface area contributed by atoms with Gasteiger partial charge in [0.25, 0.3) is 0 Å². The van der Waals surface area contributed by atoms with E-state index in [0.717, 1.165) is 12.1 Å². The Balaban J connectivity index is 2.94. The standard InChI is InChI=1S/C12H16F5NOSi/c1-20(2,3)19-9-6-4-8(5-7-9)10(18)11(13,14)12(15,16)17/h4-7,10H,18H2,1-3H3/t10-/m1/s1. The quantitative estimate of drug-likeness (QED) is 0.671. The number of benzene rings is 1. The Kier molecular flexibility index (Phi) is 4.50. The highest BCUT2D eigenvalue weighted by Gasteiger charge is 2.61. The molecule has 20 heavy (non-hydrogen) atoms. The van der Waals surface area contributed by atoms with Crippen LogP contribution in [0.5, 0.6) is 5.75 Å². The lowest BCUT2D eigenvalue weighted by Gasteiger charge is -2.26. The molecule has 0 saturated heterocycles. The largest absolute Gasteiger partial charge is 0.544 e. The Morgan fingerprint density at radius 1 is 1.00 bits per heavy atom. The zero-order valence-electron chi connectivity index (χ0n) is 11.3. The van der Waals surface area contributed by atoms with Gasteiger partial charge in [-0.15, -0.1) is 0 Å². The summed E-state index contributed by atoms with van der Waals surface area (Å²) in [5.41, 5.74) is 4.74. The van der Waals surface area contributed by atoms with Crippen molar-refractivity contribution in [2.45, 2.75) is 37.8 Å². The summed E-state index contributed by atoms with van der Waals surface area (Å²) in [4.78, 5) is 0. The van der Waals surface area contributed by atoms with E-state index in [1.165, 1.54) is 12.1 Å². The molecule has 114 valence electrons. The summed E-state index contributed by atoms with van der Waals surface area (Å²) >= 11 is 0. The van der Waals surface area contributed by atoms with E-state index in [1.807, 2.05) is 19.6 Å². The SMILES string of the molecule is C[Si](C)(C)Oc1ccc([C@@H](N)C(F)(F)C(F)(F)F)cc1. The van der Waals surface area contributed by atoms with E-state index in [2.05, 4.69) is 0 Å². The van der Waals surface area contributed by atoms with Crippen LogP contribution in [0.2, 0.25) is 19.6 Å². The second kappa shape index (κ2) is 5.32. The highest BCUT2D eigenvalue weighted by Crippen LogP contribution is 2.43. The molecule has 8 heteroatoms. The van der Waals surface area contributed by atoms with Gasteiger partial charge in [-0.1, -0.05) is 12.1 Å².